The van der Waals surface area contributed by atoms with E-state index < -0.39 is 64.7 Å². The number of anilines is 1. The molecule has 0 fully saturated rings. The Bertz CT molecular complexity index is 2030. The minimum Gasteiger partial charge on any atom is -0.497 e. The number of aromatic amines is 1. The summed E-state index contributed by atoms with van der Waals surface area (Å²) in [7, 11) is 1.52. The molecule has 0 aliphatic heterocycles. The number of nitrogens with one attached hydrogen (secondary N) is 5. The van der Waals surface area contributed by atoms with Crippen LogP contribution in [0.4, 0.5) is 23.2 Å². The van der Waals surface area contributed by atoms with E-state index in [-0.39, 0.29) is 48.1 Å². The number of ether oxygens (including phenoxy) is 1. The number of hydrogen-bond donors (Lipinski definition) is 5. The molecule has 4 amide bonds. The van der Waals surface area contributed by atoms with Gasteiger partial charge in [0, 0.05) is 23.2 Å². The molecular weight excluding hydrogens is 718 g/mol. The number of carbonyl (C=O) groups excluding carboxylic acids is 4. The molecule has 1 aliphatic carbocycles. The Hall–Kier alpha value is -5.40. The first-order valence-corrected chi connectivity index (χ1v) is 18.4. The third-order valence-electron chi connectivity index (χ3n) is 10.7. The van der Waals surface area contributed by atoms with Gasteiger partial charge in [-0.05, 0) is 72.2 Å². The normalized spacial score (nSPS) is 17.6. The van der Waals surface area contributed by atoms with Crippen LogP contribution in [0.1, 0.15) is 69.3 Å². The van der Waals surface area contributed by atoms with Gasteiger partial charge in [-0.2, -0.15) is 13.2 Å². The highest BCUT2D eigenvalue weighted by molar-refractivity contribution is 6.01. The van der Waals surface area contributed by atoms with Gasteiger partial charge in [0.1, 0.15) is 29.2 Å². The Balaban J connectivity index is 1.51. The first-order chi connectivity index (χ1) is 26.1. The van der Waals surface area contributed by atoms with Crippen molar-refractivity contribution in [2.24, 2.45) is 11.8 Å². The van der Waals surface area contributed by atoms with Gasteiger partial charge < -0.3 is 31.0 Å². The average molecular weight is 766 g/mol. The average Bonchev–Trinajstić information content (AvgIpc) is 3.53. The predicted molar refractivity (Wildman–Crippen MR) is 201 cm³/mol. The lowest BCUT2D eigenvalue weighted by atomic mass is 9.78. The van der Waals surface area contributed by atoms with Gasteiger partial charge in [-0.25, -0.2) is 4.39 Å². The summed E-state index contributed by atoms with van der Waals surface area (Å²) in [6.45, 7) is 7.23. The van der Waals surface area contributed by atoms with Crippen molar-refractivity contribution in [1.82, 2.24) is 20.9 Å². The number of carbonyl (C=O) groups is 4. The number of benzene rings is 3. The van der Waals surface area contributed by atoms with E-state index in [0.717, 1.165) is 6.07 Å². The Morgan fingerprint density at radius 3 is 2.15 bits per heavy atom. The van der Waals surface area contributed by atoms with Gasteiger partial charge in [-0.15, -0.1) is 0 Å². The summed E-state index contributed by atoms with van der Waals surface area (Å²) < 4.78 is 61.8. The highest BCUT2D eigenvalue weighted by Gasteiger charge is 2.47. The van der Waals surface area contributed by atoms with Gasteiger partial charge in [0.15, 0.2) is 0 Å². The minimum atomic E-state index is -4.65. The number of halogens is 4. The quantitative estimate of drug-likeness (QED) is 0.0919. The monoisotopic (exact) mass is 765 g/mol. The molecule has 0 spiro atoms. The van der Waals surface area contributed by atoms with Crippen molar-refractivity contribution in [1.29, 1.82) is 0 Å². The maximum atomic E-state index is 14.7. The first-order valence-electron chi connectivity index (χ1n) is 18.4. The first kappa shape index (κ1) is 40.8. The Labute approximate surface area is 317 Å². The number of aromatic nitrogens is 1. The zero-order chi connectivity index (χ0) is 40.1. The minimum absolute atomic E-state index is 0.0323. The molecule has 1 aromatic heterocycles. The molecule has 0 saturated heterocycles. The fraction of sp³-hybridized carbons (Fsp3) is 0.415. The van der Waals surface area contributed by atoms with Gasteiger partial charge in [-0.3, -0.25) is 19.2 Å². The SMILES string of the molecule is CCC(C)[C@H](NC(=O)Cc1ccccc1F)C(=O)N[C@]1(C(=O)N[C@H](C(=O)Nc2ccc(OC)cc2)C(C)CC)CCc2[nH]c3c(C(F)(F)F)cccc3c2C1. The van der Waals surface area contributed by atoms with Crippen LogP contribution < -0.4 is 26.0 Å². The van der Waals surface area contributed by atoms with Gasteiger partial charge in [0.05, 0.1) is 24.6 Å². The van der Waals surface area contributed by atoms with E-state index in [4.69, 9.17) is 4.74 Å². The number of methoxy groups -OCH3 is 1. The van der Waals surface area contributed by atoms with Crippen LogP contribution in [0.5, 0.6) is 5.75 Å². The Kier molecular flexibility index (Phi) is 12.6. The molecule has 1 heterocycles. The molecule has 2 unspecified atom stereocenters. The molecule has 5 rings (SSSR count). The molecule has 0 bridgehead atoms. The smallest absolute Gasteiger partial charge is 0.418 e. The van der Waals surface area contributed by atoms with Crippen molar-refractivity contribution in [2.45, 2.75) is 90.0 Å². The predicted octanol–water partition coefficient (Wildman–Crippen LogP) is 6.62. The van der Waals surface area contributed by atoms with Crippen LogP contribution in [0.25, 0.3) is 10.9 Å². The lowest BCUT2D eigenvalue weighted by Gasteiger charge is -2.39. The lowest BCUT2D eigenvalue weighted by molar-refractivity contribution is -0.138. The van der Waals surface area contributed by atoms with Crippen LogP contribution in [0.2, 0.25) is 0 Å². The number of hydrogen-bond acceptors (Lipinski definition) is 5. The van der Waals surface area contributed by atoms with Crippen molar-refractivity contribution < 1.29 is 41.5 Å². The van der Waals surface area contributed by atoms with Crippen LogP contribution in [-0.4, -0.2) is 53.3 Å². The largest absolute Gasteiger partial charge is 0.497 e. The molecule has 294 valence electrons. The fourth-order valence-corrected chi connectivity index (χ4v) is 7.00. The van der Waals surface area contributed by atoms with Gasteiger partial charge in [0.25, 0.3) is 0 Å². The molecule has 14 heteroatoms. The van der Waals surface area contributed by atoms with Crippen molar-refractivity contribution in [3.63, 3.8) is 0 Å². The number of para-hydroxylation sites is 1. The van der Waals surface area contributed by atoms with Crippen LogP contribution >= 0.6 is 0 Å². The van der Waals surface area contributed by atoms with Crippen LogP contribution in [0.15, 0.2) is 66.7 Å². The topological polar surface area (TPSA) is 141 Å². The van der Waals surface area contributed by atoms with E-state index in [9.17, 15) is 36.7 Å². The number of H-pyrrole nitrogens is 1. The molecule has 1 aliphatic rings. The fourth-order valence-electron chi connectivity index (χ4n) is 7.00. The highest BCUT2D eigenvalue weighted by atomic mass is 19.4. The lowest BCUT2D eigenvalue weighted by Crippen LogP contribution is -2.67. The van der Waals surface area contributed by atoms with Crippen LogP contribution in [-0.2, 0) is 44.6 Å². The summed E-state index contributed by atoms with van der Waals surface area (Å²) in [5, 5.41) is 11.6. The van der Waals surface area contributed by atoms with Crippen LogP contribution in [0.3, 0.4) is 0 Å². The number of aryl methyl sites for hydroxylation is 1. The summed E-state index contributed by atoms with van der Waals surface area (Å²) in [4.78, 5) is 59.0. The maximum absolute atomic E-state index is 14.7. The van der Waals surface area contributed by atoms with E-state index in [1.54, 1.807) is 44.2 Å². The molecule has 3 aromatic carbocycles. The summed E-state index contributed by atoms with van der Waals surface area (Å²) in [6, 6.07) is 14.0. The van der Waals surface area contributed by atoms with E-state index in [2.05, 4.69) is 26.3 Å². The zero-order valence-electron chi connectivity index (χ0n) is 31.5. The molecule has 10 nitrogen and oxygen atoms in total. The number of fused-ring (bicyclic) bond motifs is 3. The van der Waals surface area contributed by atoms with E-state index in [1.165, 1.54) is 37.4 Å². The summed E-state index contributed by atoms with van der Waals surface area (Å²) in [5.41, 5.74) is -1.22. The second-order valence-corrected chi connectivity index (χ2v) is 14.3. The van der Waals surface area contributed by atoms with Gasteiger partial charge in [0.2, 0.25) is 23.6 Å². The van der Waals surface area contributed by atoms with Crippen molar-refractivity contribution in [2.75, 3.05) is 12.4 Å². The number of amides is 4. The third kappa shape index (κ3) is 9.12. The zero-order valence-corrected chi connectivity index (χ0v) is 31.5. The molecule has 55 heavy (non-hydrogen) atoms. The Morgan fingerprint density at radius 2 is 1.53 bits per heavy atom. The second-order valence-electron chi connectivity index (χ2n) is 14.3. The van der Waals surface area contributed by atoms with Gasteiger partial charge in [-0.1, -0.05) is 70.9 Å². The highest BCUT2D eigenvalue weighted by Crippen LogP contribution is 2.40. The Morgan fingerprint density at radius 1 is 0.873 bits per heavy atom. The van der Waals surface area contributed by atoms with Crippen molar-refractivity contribution in [3.05, 3.63) is 94.9 Å². The second kappa shape index (κ2) is 17.0. The summed E-state index contributed by atoms with van der Waals surface area (Å²) in [6.07, 6.45) is -4.18. The third-order valence-corrected chi connectivity index (χ3v) is 10.7. The molecular formula is C41H47F4N5O5. The van der Waals surface area contributed by atoms with Crippen molar-refractivity contribution in [3.8, 4) is 5.75 Å². The summed E-state index contributed by atoms with van der Waals surface area (Å²) in [5.74, 6) is -3.33. The van der Waals surface area contributed by atoms with E-state index in [1.807, 2.05) is 13.8 Å². The maximum Gasteiger partial charge on any atom is 0.418 e. The van der Waals surface area contributed by atoms with Gasteiger partial charge >= 0.3 is 6.18 Å². The summed E-state index contributed by atoms with van der Waals surface area (Å²) >= 11 is 0. The number of rotatable bonds is 14. The molecule has 0 radical (unpaired) electrons. The molecule has 5 atom stereocenters. The standard InChI is InChI=1S/C41H47F4N5O5/c1-6-23(3)34(37(52)46-26-15-17-27(55-5)18-16-26)49-39(54)40(20-19-32-29(22-40)28-12-10-13-30(36(28)47-32)41(43,44)45)50-38(53)35(24(4)7-2)48-33(51)21-25-11-8-9-14-31(25)42/h8-18,23-24,34-35,47H,6-7,19-22H2,1-5H3,(H,46,52)(H,48,51)(H,49,54)(H,50,53)/t23?,24?,34-,35-,40+/m0/s1. The van der Waals surface area contributed by atoms with Crippen molar-refractivity contribution >= 4 is 40.2 Å². The molecule has 4 aromatic rings. The molecule has 0 saturated carbocycles. The van der Waals surface area contributed by atoms with E-state index >= 15 is 0 Å². The van der Waals surface area contributed by atoms with Crippen LogP contribution in [0, 0.1) is 17.7 Å². The molecule has 5 N–H and O–H groups in total. The number of alkyl halides is 3. The van der Waals surface area contributed by atoms with E-state index in [0.29, 0.717) is 35.5 Å².